The molecule has 0 aliphatic heterocycles. The smallest absolute Gasteiger partial charge is 0.146 e. The van der Waals surface area contributed by atoms with E-state index in [1.807, 2.05) is 18.4 Å². The lowest BCUT2D eigenvalue weighted by Crippen LogP contribution is -1.94. The minimum absolute atomic E-state index is 0.324. The number of hydrogen-bond donors (Lipinski definition) is 1. The lowest BCUT2D eigenvalue weighted by atomic mass is 10.2. The number of nitrogen functional groups attached to an aromatic ring is 1. The first-order valence-electron chi connectivity index (χ1n) is 4.00. The summed E-state index contributed by atoms with van der Waals surface area (Å²) in [6.45, 7) is 2.01. The molecule has 2 rings (SSSR count). The van der Waals surface area contributed by atoms with Crippen LogP contribution < -0.4 is 5.73 Å². The Morgan fingerprint density at radius 2 is 2.21 bits per heavy atom. The van der Waals surface area contributed by atoms with E-state index in [0.717, 1.165) is 10.4 Å². The van der Waals surface area contributed by atoms with Crippen molar-refractivity contribution in [3.63, 3.8) is 0 Å². The Bertz CT molecular complexity index is 467. The Morgan fingerprint density at radius 1 is 1.43 bits per heavy atom. The molecule has 0 aromatic carbocycles. The third kappa shape index (κ3) is 1.47. The molecule has 2 aromatic heterocycles. The molecule has 0 fully saturated rings. The van der Waals surface area contributed by atoms with Crippen molar-refractivity contribution < 1.29 is 0 Å². The topological polar surface area (TPSA) is 51.8 Å². The van der Waals surface area contributed by atoms with Gasteiger partial charge in [0.05, 0.1) is 4.88 Å². The monoisotopic (exact) mass is 225 g/mol. The van der Waals surface area contributed by atoms with E-state index < -0.39 is 0 Å². The van der Waals surface area contributed by atoms with Crippen molar-refractivity contribution in [3.05, 3.63) is 28.4 Å². The molecule has 14 heavy (non-hydrogen) atoms. The van der Waals surface area contributed by atoms with Crippen molar-refractivity contribution in [2.24, 2.45) is 0 Å². The predicted molar refractivity (Wildman–Crippen MR) is 59.5 cm³/mol. The summed E-state index contributed by atoms with van der Waals surface area (Å²) in [5.74, 6) is 0.324. The molecule has 3 nitrogen and oxygen atoms in total. The minimum atomic E-state index is 0.324. The molecule has 0 aliphatic carbocycles. The molecule has 0 atom stereocenters. The van der Waals surface area contributed by atoms with Gasteiger partial charge in [0.15, 0.2) is 0 Å². The summed E-state index contributed by atoms with van der Waals surface area (Å²) >= 11 is 7.61. The summed E-state index contributed by atoms with van der Waals surface area (Å²) in [6, 6.07) is 2.02. The first-order valence-corrected chi connectivity index (χ1v) is 5.26. The molecular formula is C9H8ClN3S. The molecule has 0 unspecified atom stereocenters. The van der Waals surface area contributed by atoms with Crippen LogP contribution in [0.25, 0.3) is 10.6 Å². The Morgan fingerprint density at radius 3 is 2.86 bits per heavy atom. The van der Waals surface area contributed by atoms with Gasteiger partial charge in [-0.05, 0) is 23.9 Å². The summed E-state index contributed by atoms with van der Waals surface area (Å²) in [4.78, 5) is 8.99. The van der Waals surface area contributed by atoms with Crippen molar-refractivity contribution >= 4 is 28.8 Å². The van der Waals surface area contributed by atoms with E-state index in [2.05, 4.69) is 9.97 Å². The number of aromatic nitrogens is 2. The largest absolute Gasteiger partial charge is 0.382 e. The highest BCUT2D eigenvalue weighted by Crippen LogP contribution is 2.34. The number of aryl methyl sites for hydroxylation is 1. The highest BCUT2D eigenvalue weighted by molar-refractivity contribution is 7.13. The molecule has 5 heteroatoms. The third-order valence-electron chi connectivity index (χ3n) is 1.89. The van der Waals surface area contributed by atoms with Gasteiger partial charge in [0, 0.05) is 0 Å². The number of nitrogens with two attached hydrogens (primary N) is 1. The lowest BCUT2D eigenvalue weighted by Gasteiger charge is -2.03. The molecule has 0 spiro atoms. The summed E-state index contributed by atoms with van der Waals surface area (Å²) in [5, 5.41) is 2.43. The number of thiophene rings is 1. The van der Waals surface area contributed by atoms with Crippen molar-refractivity contribution in [3.8, 4) is 10.6 Å². The molecule has 0 aliphatic rings. The van der Waals surface area contributed by atoms with Crippen LogP contribution in [0.4, 0.5) is 5.82 Å². The molecule has 0 amide bonds. The Kier molecular flexibility index (Phi) is 2.39. The predicted octanol–water partition coefficient (Wildman–Crippen LogP) is 2.75. The van der Waals surface area contributed by atoms with Gasteiger partial charge in [-0.15, -0.1) is 11.3 Å². The van der Waals surface area contributed by atoms with Crippen LogP contribution >= 0.6 is 22.9 Å². The zero-order valence-electron chi connectivity index (χ0n) is 7.49. The van der Waals surface area contributed by atoms with Crippen LogP contribution in [0.1, 0.15) is 5.56 Å². The number of rotatable bonds is 1. The molecule has 0 saturated heterocycles. The van der Waals surface area contributed by atoms with Gasteiger partial charge in [-0.1, -0.05) is 11.6 Å². The number of nitrogens with zero attached hydrogens (tertiary/aromatic N) is 2. The van der Waals surface area contributed by atoms with Crippen molar-refractivity contribution in [2.45, 2.75) is 6.92 Å². The second-order valence-electron chi connectivity index (χ2n) is 2.85. The second kappa shape index (κ2) is 3.55. The first kappa shape index (κ1) is 9.43. The van der Waals surface area contributed by atoms with E-state index in [-0.39, 0.29) is 0 Å². The van der Waals surface area contributed by atoms with Gasteiger partial charge >= 0.3 is 0 Å². The maximum absolute atomic E-state index is 6.01. The van der Waals surface area contributed by atoms with Crippen molar-refractivity contribution in [1.29, 1.82) is 0 Å². The van der Waals surface area contributed by atoms with Crippen molar-refractivity contribution in [1.82, 2.24) is 9.97 Å². The molecule has 0 radical (unpaired) electrons. The average Bonchev–Trinajstić information content (AvgIpc) is 2.57. The Hall–Kier alpha value is -1.13. The first-order chi connectivity index (χ1) is 6.70. The van der Waals surface area contributed by atoms with Crippen LogP contribution in [0.15, 0.2) is 17.8 Å². The van der Waals surface area contributed by atoms with Gasteiger partial charge in [0.1, 0.15) is 22.9 Å². The third-order valence-corrected chi connectivity index (χ3v) is 3.29. The highest BCUT2D eigenvalue weighted by atomic mass is 35.5. The zero-order valence-corrected chi connectivity index (χ0v) is 9.06. The number of anilines is 1. The van der Waals surface area contributed by atoms with E-state index >= 15 is 0 Å². The maximum atomic E-state index is 6.01. The fourth-order valence-corrected chi connectivity index (χ4v) is 2.33. The standard InChI is InChI=1S/C9H8ClN3S/c1-5-2-3-14-8(5)7-6(10)9(11)13-4-12-7/h2-4H,1H3,(H2,11,12,13). The van der Waals surface area contributed by atoms with Crippen LogP contribution in [-0.4, -0.2) is 9.97 Å². The van der Waals surface area contributed by atoms with E-state index in [4.69, 9.17) is 17.3 Å². The quantitative estimate of drug-likeness (QED) is 0.812. The number of halogens is 1. The summed E-state index contributed by atoms with van der Waals surface area (Å²) in [5.41, 5.74) is 7.46. The Balaban J connectivity index is 2.63. The molecule has 0 bridgehead atoms. The van der Waals surface area contributed by atoms with Gasteiger partial charge < -0.3 is 5.73 Å². The van der Waals surface area contributed by atoms with Crippen molar-refractivity contribution in [2.75, 3.05) is 5.73 Å². The van der Waals surface area contributed by atoms with Crippen LogP contribution in [0, 0.1) is 6.92 Å². The van der Waals surface area contributed by atoms with Gasteiger partial charge in [-0.25, -0.2) is 9.97 Å². The van der Waals surface area contributed by atoms with Crippen LogP contribution in [0.3, 0.4) is 0 Å². The van der Waals surface area contributed by atoms with Gasteiger partial charge in [-0.2, -0.15) is 0 Å². The summed E-state index contributed by atoms with van der Waals surface area (Å²) in [6.07, 6.45) is 1.43. The fraction of sp³-hybridized carbons (Fsp3) is 0.111. The Labute approximate surface area is 90.6 Å². The minimum Gasteiger partial charge on any atom is -0.382 e. The summed E-state index contributed by atoms with van der Waals surface area (Å²) in [7, 11) is 0. The van der Waals surface area contributed by atoms with Crippen LogP contribution in [0.2, 0.25) is 5.02 Å². The zero-order chi connectivity index (χ0) is 10.1. The number of hydrogen-bond acceptors (Lipinski definition) is 4. The highest BCUT2D eigenvalue weighted by Gasteiger charge is 2.11. The second-order valence-corrected chi connectivity index (χ2v) is 4.15. The molecule has 2 heterocycles. The molecule has 72 valence electrons. The van der Waals surface area contributed by atoms with Gasteiger partial charge in [0.2, 0.25) is 0 Å². The lowest BCUT2D eigenvalue weighted by molar-refractivity contribution is 1.18. The normalized spacial score (nSPS) is 10.4. The van der Waals surface area contributed by atoms with E-state index in [9.17, 15) is 0 Å². The van der Waals surface area contributed by atoms with Gasteiger partial charge in [-0.3, -0.25) is 0 Å². The molecule has 2 N–H and O–H groups in total. The fourth-order valence-electron chi connectivity index (χ4n) is 1.16. The summed E-state index contributed by atoms with van der Waals surface area (Å²) < 4.78 is 0. The van der Waals surface area contributed by atoms with Gasteiger partial charge in [0.25, 0.3) is 0 Å². The molecule has 2 aromatic rings. The van der Waals surface area contributed by atoms with E-state index in [0.29, 0.717) is 16.5 Å². The SMILES string of the molecule is Cc1ccsc1-c1ncnc(N)c1Cl. The maximum Gasteiger partial charge on any atom is 0.146 e. The van der Waals surface area contributed by atoms with E-state index in [1.165, 1.54) is 6.33 Å². The average molecular weight is 226 g/mol. The molecular weight excluding hydrogens is 218 g/mol. The van der Waals surface area contributed by atoms with E-state index in [1.54, 1.807) is 11.3 Å². The van der Waals surface area contributed by atoms with Crippen LogP contribution in [0.5, 0.6) is 0 Å². The molecule has 0 saturated carbocycles. The van der Waals surface area contributed by atoms with Crippen LogP contribution in [-0.2, 0) is 0 Å².